The average Bonchev–Trinajstić information content (AvgIpc) is 2.82. The molecular weight excluding hydrogens is 392 g/mol. The van der Waals surface area contributed by atoms with Crippen LogP contribution >= 0.6 is 0 Å². The number of nitrogens with zero attached hydrogens (tertiary/aromatic N) is 1. The summed E-state index contributed by atoms with van der Waals surface area (Å²) in [6.45, 7) is 0.826. The van der Waals surface area contributed by atoms with Gasteiger partial charge in [0.15, 0.2) is 11.5 Å². The van der Waals surface area contributed by atoms with E-state index in [2.05, 4.69) is 23.5 Å². The minimum atomic E-state index is -0.170. The molecule has 6 heteroatoms. The molecule has 2 amide bonds. The van der Waals surface area contributed by atoms with Crippen molar-refractivity contribution in [1.82, 2.24) is 10.2 Å². The fraction of sp³-hybridized carbons (Fsp3) is 0.240. The first-order chi connectivity index (χ1) is 15.1. The Morgan fingerprint density at radius 3 is 2.10 bits per heavy atom. The Kier molecular flexibility index (Phi) is 7.38. The van der Waals surface area contributed by atoms with E-state index < -0.39 is 0 Å². The number of nitrogens with one attached hydrogen (secondary N) is 1. The number of rotatable bonds is 8. The highest BCUT2D eigenvalue weighted by Gasteiger charge is 2.15. The lowest BCUT2D eigenvalue weighted by Gasteiger charge is -2.20. The highest BCUT2D eigenvalue weighted by atomic mass is 16.5. The lowest BCUT2D eigenvalue weighted by Crippen LogP contribution is -2.36. The van der Waals surface area contributed by atoms with Crippen molar-refractivity contribution in [2.75, 3.05) is 28.4 Å². The summed E-state index contributed by atoms with van der Waals surface area (Å²) in [7, 11) is 6.48. The smallest absolute Gasteiger partial charge is 0.317 e. The van der Waals surface area contributed by atoms with E-state index in [1.54, 1.807) is 33.3 Å². The summed E-state index contributed by atoms with van der Waals surface area (Å²) >= 11 is 0. The number of ether oxygens (including phenoxy) is 3. The zero-order chi connectivity index (χ0) is 22.2. The van der Waals surface area contributed by atoms with Crippen molar-refractivity contribution in [3.63, 3.8) is 0 Å². The van der Waals surface area contributed by atoms with Gasteiger partial charge >= 0.3 is 6.03 Å². The predicted octanol–water partition coefficient (Wildman–Crippen LogP) is 4.72. The van der Waals surface area contributed by atoms with Gasteiger partial charge in [-0.25, -0.2) is 4.79 Å². The normalized spacial score (nSPS) is 10.3. The molecule has 0 atom stereocenters. The third-order valence-electron chi connectivity index (χ3n) is 5.02. The van der Waals surface area contributed by atoms with Crippen LogP contribution in [0.25, 0.3) is 11.1 Å². The number of benzene rings is 3. The van der Waals surface area contributed by atoms with Crippen LogP contribution in [0.1, 0.15) is 11.1 Å². The van der Waals surface area contributed by atoms with Gasteiger partial charge in [0.25, 0.3) is 0 Å². The Morgan fingerprint density at radius 2 is 1.48 bits per heavy atom. The van der Waals surface area contributed by atoms with Crippen LogP contribution in [-0.2, 0) is 13.1 Å². The highest BCUT2D eigenvalue weighted by Crippen LogP contribution is 2.38. The van der Waals surface area contributed by atoms with Crippen LogP contribution in [0.15, 0.2) is 66.7 Å². The second-order valence-electron chi connectivity index (χ2n) is 7.07. The van der Waals surface area contributed by atoms with Gasteiger partial charge in [-0.15, -0.1) is 0 Å². The van der Waals surface area contributed by atoms with E-state index >= 15 is 0 Å². The third-order valence-corrected chi connectivity index (χ3v) is 5.02. The lowest BCUT2D eigenvalue weighted by molar-refractivity contribution is 0.206. The van der Waals surface area contributed by atoms with Gasteiger partial charge < -0.3 is 24.4 Å². The molecule has 0 aromatic heterocycles. The molecule has 6 nitrogen and oxygen atoms in total. The van der Waals surface area contributed by atoms with Gasteiger partial charge in [-0.2, -0.15) is 0 Å². The van der Waals surface area contributed by atoms with E-state index in [1.165, 1.54) is 0 Å². The molecule has 0 aliphatic carbocycles. The molecule has 3 aromatic rings. The first kappa shape index (κ1) is 22.0. The molecule has 0 spiro atoms. The number of hydrogen-bond acceptors (Lipinski definition) is 4. The lowest BCUT2D eigenvalue weighted by atomic mass is 9.99. The van der Waals surface area contributed by atoms with Crippen LogP contribution in [0.5, 0.6) is 17.2 Å². The van der Waals surface area contributed by atoms with Crippen molar-refractivity contribution < 1.29 is 19.0 Å². The van der Waals surface area contributed by atoms with Crippen molar-refractivity contribution in [2.45, 2.75) is 13.1 Å². The summed E-state index contributed by atoms with van der Waals surface area (Å²) in [6, 6.07) is 21.8. The van der Waals surface area contributed by atoms with Crippen LogP contribution in [0, 0.1) is 0 Å². The quantitative estimate of drug-likeness (QED) is 0.573. The van der Waals surface area contributed by atoms with Crippen molar-refractivity contribution in [3.8, 4) is 28.4 Å². The van der Waals surface area contributed by atoms with E-state index in [0.29, 0.717) is 30.3 Å². The second kappa shape index (κ2) is 10.4. The van der Waals surface area contributed by atoms with Gasteiger partial charge in [0.2, 0.25) is 5.75 Å². The summed E-state index contributed by atoms with van der Waals surface area (Å²) in [5.74, 6) is 1.63. The summed E-state index contributed by atoms with van der Waals surface area (Å²) < 4.78 is 16.1. The van der Waals surface area contributed by atoms with Gasteiger partial charge in [0.1, 0.15) is 0 Å². The van der Waals surface area contributed by atoms with E-state index in [4.69, 9.17) is 14.2 Å². The zero-order valence-corrected chi connectivity index (χ0v) is 18.3. The Morgan fingerprint density at radius 1 is 0.871 bits per heavy atom. The molecule has 0 radical (unpaired) electrons. The van der Waals surface area contributed by atoms with Crippen molar-refractivity contribution in [1.29, 1.82) is 0 Å². The van der Waals surface area contributed by atoms with Gasteiger partial charge in [0.05, 0.1) is 21.3 Å². The fourth-order valence-corrected chi connectivity index (χ4v) is 3.43. The largest absolute Gasteiger partial charge is 0.493 e. The Labute approximate surface area is 183 Å². The van der Waals surface area contributed by atoms with E-state index in [9.17, 15) is 4.79 Å². The van der Waals surface area contributed by atoms with Gasteiger partial charge in [0, 0.05) is 20.1 Å². The summed E-state index contributed by atoms with van der Waals surface area (Å²) in [4.78, 5) is 14.4. The molecule has 0 heterocycles. The monoisotopic (exact) mass is 420 g/mol. The van der Waals surface area contributed by atoms with E-state index in [0.717, 1.165) is 22.3 Å². The summed E-state index contributed by atoms with van der Waals surface area (Å²) in [6.07, 6.45) is 0. The fourth-order valence-electron chi connectivity index (χ4n) is 3.43. The number of hydrogen-bond donors (Lipinski definition) is 1. The number of amides is 2. The molecule has 0 saturated heterocycles. The molecule has 0 saturated carbocycles. The van der Waals surface area contributed by atoms with E-state index in [-0.39, 0.29) is 6.03 Å². The van der Waals surface area contributed by atoms with Gasteiger partial charge in [-0.3, -0.25) is 0 Å². The maximum Gasteiger partial charge on any atom is 0.317 e. The zero-order valence-electron chi connectivity index (χ0n) is 18.3. The first-order valence-electron chi connectivity index (χ1n) is 9.98. The maximum absolute atomic E-state index is 12.7. The van der Waals surface area contributed by atoms with Crippen LogP contribution in [0.4, 0.5) is 4.79 Å². The topological polar surface area (TPSA) is 60.0 Å². The number of carbonyl (C=O) groups excluding carboxylic acids is 1. The minimum absolute atomic E-state index is 0.170. The minimum Gasteiger partial charge on any atom is -0.493 e. The first-order valence-corrected chi connectivity index (χ1v) is 9.98. The van der Waals surface area contributed by atoms with Crippen LogP contribution in [-0.4, -0.2) is 39.3 Å². The second-order valence-corrected chi connectivity index (χ2v) is 7.07. The van der Waals surface area contributed by atoms with E-state index in [1.807, 2.05) is 48.5 Å². The Bertz CT molecular complexity index is 996. The Hall–Kier alpha value is -3.67. The highest BCUT2D eigenvalue weighted by molar-refractivity contribution is 5.75. The molecule has 0 fully saturated rings. The van der Waals surface area contributed by atoms with Crippen molar-refractivity contribution >= 4 is 6.03 Å². The van der Waals surface area contributed by atoms with Crippen LogP contribution < -0.4 is 19.5 Å². The van der Waals surface area contributed by atoms with Crippen LogP contribution in [0.2, 0.25) is 0 Å². The third kappa shape index (κ3) is 5.28. The maximum atomic E-state index is 12.7. The number of carbonyl (C=O) groups is 1. The standard InChI is InChI=1S/C25H28N2O4/c1-27(17-20-12-8-9-13-21(20)19-10-6-5-7-11-19)25(28)26-16-18-14-22(29-2)24(31-4)23(15-18)30-3/h5-15H,16-17H2,1-4H3,(H,26,28). The average molecular weight is 421 g/mol. The molecule has 162 valence electrons. The predicted molar refractivity (Wildman–Crippen MR) is 122 cm³/mol. The summed E-state index contributed by atoms with van der Waals surface area (Å²) in [5, 5.41) is 2.95. The molecule has 0 aliphatic rings. The van der Waals surface area contributed by atoms with Crippen molar-refractivity contribution in [2.24, 2.45) is 0 Å². The molecule has 0 bridgehead atoms. The molecule has 0 aliphatic heterocycles. The SMILES string of the molecule is COc1cc(CNC(=O)N(C)Cc2ccccc2-c2ccccc2)cc(OC)c1OC. The van der Waals surface area contributed by atoms with Crippen LogP contribution in [0.3, 0.4) is 0 Å². The molecule has 0 unspecified atom stereocenters. The van der Waals surface area contributed by atoms with Gasteiger partial charge in [-0.1, -0.05) is 54.6 Å². The Balaban J connectivity index is 1.69. The van der Waals surface area contributed by atoms with Gasteiger partial charge in [-0.05, 0) is 34.4 Å². The molecule has 3 rings (SSSR count). The number of methoxy groups -OCH3 is 3. The molecule has 31 heavy (non-hydrogen) atoms. The molecule has 1 N–H and O–H groups in total. The number of urea groups is 1. The summed E-state index contributed by atoms with van der Waals surface area (Å²) in [5.41, 5.74) is 4.18. The molecule has 3 aromatic carbocycles. The van der Waals surface area contributed by atoms with Crippen molar-refractivity contribution in [3.05, 3.63) is 77.9 Å². The molecular formula is C25H28N2O4.